The molecule has 2 aromatic carbocycles. The van der Waals surface area contributed by atoms with Gasteiger partial charge >= 0.3 is 0 Å². The SMILES string of the molecule is CCN(C/C=C/C#CC(C)(C)OC)Cc1cccc(OCc2cccc(-c3ccsc3)c2)c1. The summed E-state index contributed by atoms with van der Waals surface area (Å²) in [5, 5.41) is 4.28. The molecule has 3 nitrogen and oxygen atoms in total. The Morgan fingerprint density at radius 1 is 1.03 bits per heavy atom. The molecule has 172 valence electrons. The molecule has 4 heteroatoms. The number of nitrogens with zero attached hydrogens (tertiary/aromatic N) is 1. The van der Waals surface area contributed by atoms with E-state index in [1.54, 1.807) is 18.4 Å². The van der Waals surface area contributed by atoms with E-state index in [4.69, 9.17) is 9.47 Å². The number of rotatable bonds is 10. The molecule has 0 unspecified atom stereocenters. The van der Waals surface area contributed by atoms with Crippen molar-refractivity contribution in [2.75, 3.05) is 20.2 Å². The molecule has 0 N–H and O–H groups in total. The fourth-order valence-corrected chi connectivity index (χ4v) is 3.93. The summed E-state index contributed by atoms with van der Waals surface area (Å²) in [7, 11) is 1.68. The molecule has 3 aromatic rings. The number of allylic oxidation sites excluding steroid dienone is 1. The number of thiophene rings is 1. The second-order valence-corrected chi connectivity index (χ2v) is 9.14. The van der Waals surface area contributed by atoms with E-state index in [0.29, 0.717) is 6.61 Å². The number of hydrogen-bond donors (Lipinski definition) is 0. The molecule has 0 spiro atoms. The first-order chi connectivity index (χ1) is 16.0. The molecule has 0 aliphatic rings. The minimum Gasteiger partial charge on any atom is -0.489 e. The molecule has 0 aliphatic carbocycles. The maximum absolute atomic E-state index is 6.12. The van der Waals surface area contributed by atoms with Gasteiger partial charge in [0.15, 0.2) is 0 Å². The first-order valence-electron chi connectivity index (χ1n) is 11.3. The lowest BCUT2D eigenvalue weighted by molar-refractivity contribution is 0.0742. The number of ether oxygens (including phenoxy) is 2. The van der Waals surface area contributed by atoms with Crippen LogP contribution in [-0.4, -0.2) is 30.7 Å². The second-order valence-electron chi connectivity index (χ2n) is 8.36. The highest BCUT2D eigenvalue weighted by molar-refractivity contribution is 7.08. The van der Waals surface area contributed by atoms with Gasteiger partial charge in [-0.2, -0.15) is 11.3 Å². The van der Waals surface area contributed by atoms with Gasteiger partial charge in [0.1, 0.15) is 18.0 Å². The van der Waals surface area contributed by atoms with Crippen LogP contribution in [0.4, 0.5) is 0 Å². The van der Waals surface area contributed by atoms with Gasteiger partial charge in [-0.3, -0.25) is 4.90 Å². The van der Waals surface area contributed by atoms with Gasteiger partial charge in [-0.05, 0) is 83.7 Å². The first kappa shape index (κ1) is 24.8. The van der Waals surface area contributed by atoms with Crippen LogP contribution in [0.3, 0.4) is 0 Å². The van der Waals surface area contributed by atoms with Gasteiger partial charge in [0.2, 0.25) is 0 Å². The number of hydrogen-bond acceptors (Lipinski definition) is 4. The normalized spacial score (nSPS) is 11.5. The summed E-state index contributed by atoms with van der Waals surface area (Å²) in [4.78, 5) is 2.36. The maximum Gasteiger partial charge on any atom is 0.123 e. The van der Waals surface area contributed by atoms with Gasteiger partial charge in [-0.1, -0.05) is 55.2 Å². The Balaban J connectivity index is 1.55. The van der Waals surface area contributed by atoms with Crippen LogP contribution in [-0.2, 0) is 17.9 Å². The predicted molar refractivity (Wildman–Crippen MR) is 139 cm³/mol. The Bertz CT molecular complexity index is 1090. The third-order valence-corrected chi connectivity index (χ3v) is 6.07. The van der Waals surface area contributed by atoms with Crippen molar-refractivity contribution in [3.8, 4) is 28.7 Å². The zero-order valence-electron chi connectivity index (χ0n) is 20.0. The quantitative estimate of drug-likeness (QED) is 0.311. The third-order valence-electron chi connectivity index (χ3n) is 5.39. The average molecular weight is 460 g/mol. The molecule has 1 heterocycles. The van der Waals surface area contributed by atoms with Crippen LogP contribution in [0, 0.1) is 11.8 Å². The Morgan fingerprint density at radius 2 is 1.85 bits per heavy atom. The van der Waals surface area contributed by atoms with Gasteiger partial charge in [-0.15, -0.1) is 0 Å². The lowest BCUT2D eigenvalue weighted by atomic mass is 10.1. The van der Waals surface area contributed by atoms with Gasteiger partial charge in [0, 0.05) is 20.2 Å². The Hall–Kier alpha value is -2.84. The van der Waals surface area contributed by atoms with E-state index in [2.05, 4.69) is 89.0 Å². The number of methoxy groups -OCH3 is 1. The first-order valence-corrected chi connectivity index (χ1v) is 12.2. The topological polar surface area (TPSA) is 21.7 Å². The molecule has 1 aromatic heterocycles. The summed E-state index contributed by atoms with van der Waals surface area (Å²) >= 11 is 1.72. The highest BCUT2D eigenvalue weighted by Gasteiger charge is 2.10. The van der Waals surface area contributed by atoms with Crippen LogP contribution < -0.4 is 4.74 Å². The predicted octanol–water partition coefficient (Wildman–Crippen LogP) is 6.80. The molecule has 0 saturated carbocycles. The highest BCUT2D eigenvalue weighted by atomic mass is 32.1. The zero-order valence-corrected chi connectivity index (χ0v) is 20.8. The van der Waals surface area contributed by atoms with Crippen LogP contribution in [0.25, 0.3) is 11.1 Å². The van der Waals surface area contributed by atoms with Crippen molar-refractivity contribution in [1.29, 1.82) is 0 Å². The van der Waals surface area contributed by atoms with E-state index in [9.17, 15) is 0 Å². The van der Waals surface area contributed by atoms with E-state index in [-0.39, 0.29) is 0 Å². The van der Waals surface area contributed by atoms with Crippen LogP contribution >= 0.6 is 11.3 Å². The highest BCUT2D eigenvalue weighted by Crippen LogP contribution is 2.24. The van der Waals surface area contributed by atoms with Crippen molar-refractivity contribution >= 4 is 11.3 Å². The smallest absolute Gasteiger partial charge is 0.123 e. The van der Waals surface area contributed by atoms with Crippen LogP contribution in [0.15, 0.2) is 77.5 Å². The molecule has 0 amide bonds. The van der Waals surface area contributed by atoms with Crippen molar-refractivity contribution in [3.05, 3.63) is 88.6 Å². The van der Waals surface area contributed by atoms with Gasteiger partial charge in [0.05, 0.1) is 0 Å². The van der Waals surface area contributed by atoms with Crippen molar-refractivity contribution in [2.45, 2.75) is 39.5 Å². The molecule has 0 aliphatic heterocycles. The lowest BCUT2D eigenvalue weighted by Gasteiger charge is -2.19. The molecular formula is C29H33NO2S. The van der Waals surface area contributed by atoms with Gasteiger partial charge < -0.3 is 9.47 Å². The summed E-state index contributed by atoms with van der Waals surface area (Å²) in [6, 6.07) is 19.1. The zero-order chi connectivity index (χ0) is 23.5. The Morgan fingerprint density at radius 3 is 2.61 bits per heavy atom. The van der Waals surface area contributed by atoms with Gasteiger partial charge in [0.25, 0.3) is 0 Å². The number of benzene rings is 2. The molecule has 3 rings (SSSR count). The summed E-state index contributed by atoms with van der Waals surface area (Å²) in [6.07, 6.45) is 4.01. The van der Waals surface area contributed by atoms with Crippen molar-refractivity contribution < 1.29 is 9.47 Å². The van der Waals surface area contributed by atoms with Crippen LogP contribution in [0.5, 0.6) is 5.75 Å². The summed E-state index contributed by atoms with van der Waals surface area (Å²) < 4.78 is 11.4. The Labute approximate surface area is 202 Å². The Kier molecular flexibility index (Phi) is 9.33. The van der Waals surface area contributed by atoms with Crippen molar-refractivity contribution in [2.24, 2.45) is 0 Å². The van der Waals surface area contributed by atoms with E-state index in [1.165, 1.54) is 22.3 Å². The van der Waals surface area contributed by atoms with Crippen LogP contribution in [0.1, 0.15) is 31.9 Å². The minimum atomic E-state index is -0.416. The van der Waals surface area contributed by atoms with Crippen molar-refractivity contribution in [1.82, 2.24) is 4.90 Å². The molecular weight excluding hydrogens is 426 g/mol. The second kappa shape index (κ2) is 12.4. The fourth-order valence-electron chi connectivity index (χ4n) is 3.26. The minimum absolute atomic E-state index is 0.416. The van der Waals surface area contributed by atoms with Gasteiger partial charge in [-0.25, -0.2) is 0 Å². The van der Waals surface area contributed by atoms with Crippen molar-refractivity contribution in [3.63, 3.8) is 0 Å². The van der Waals surface area contributed by atoms with Crippen LogP contribution in [0.2, 0.25) is 0 Å². The van der Waals surface area contributed by atoms with E-state index in [1.807, 2.05) is 26.0 Å². The third kappa shape index (κ3) is 8.22. The maximum atomic E-state index is 6.12. The molecule has 0 atom stereocenters. The van der Waals surface area contributed by atoms with E-state index in [0.717, 1.165) is 25.4 Å². The average Bonchev–Trinajstić information content (AvgIpc) is 3.37. The molecule has 0 radical (unpaired) electrons. The standard InChI is InChI=1S/C29H33NO2S/c1-5-30(17-8-6-7-16-29(2,3)31-4)21-24-11-10-14-28(20-24)32-22-25-12-9-13-26(19-25)27-15-18-33-23-27/h6,8-15,18-20,23H,5,17,21-22H2,1-4H3/b8-6+. The molecule has 33 heavy (non-hydrogen) atoms. The summed E-state index contributed by atoms with van der Waals surface area (Å²) in [6.45, 7) is 9.32. The summed E-state index contributed by atoms with van der Waals surface area (Å²) in [5.74, 6) is 7.07. The van der Waals surface area contributed by atoms with E-state index < -0.39 is 5.60 Å². The lowest BCUT2D eigenvalue weighted by Crippen LogP contribution is -2.22. The van der Waals surface area contributed by atoms with E-state index >= 15 is 0 Å². The molecule has 0 fully saturated rings. The fraction of sp³-hybridized carbons (Fsp3) is 0.310. The molecule has 0 bridgehead atoms. The largest absolute Gasteiger partial charge is 0.489 e. The number of likely N-dealkylation sites (N-methyl/N-ethyl adjacent to an activating group) is 1. The summed E-state index contributed by atoms with van der Waals surface area (Å²) in [5.41, 5.74) is 4.48. The monoisotopic (exact) mass is 459 g/mol. The molecule has 0 saturated heterocycles.